The third-order valence-electron chi connectivity index (χ3n) is 3.38. The summed E-state index contributed by atoms with van der Waals surface area (Å²) in [6.45, 7) is 8.84. The fraction of sp³-hybridized carbons (Fsp3) is 0.500. The van der Waals surface area contributed by atoms with E-state index in [1.54, 1.807) is 0 Å². The van der Waals surface area contributed by atoms with Gasteiger partial charge in [-0.1, -0.05) is 32.0 Å². The van der Waals surface area contributed by atoms with Crippen LogP contribution in [-0.4, -0.2) is 17.2 Å². The normalized spacial score (nSPS) is 11.6. The van der Waals surface area contributed by atoms with Crippen LogP contribution >= 0.6 is 0 Å². The number of rotatable bonds is 6. The van der Waals surface area contributed by atoms with Gasteiger partial charge in [0.15, 0.2) is 0 Å². The molecule has 2 nitrogen and oxygen atoms in total. The van der Waals surface area contributed by atoms with Gasteiger partial charge in [-0.2, -0.15) is 0 Å². The Labute approximate surface area is 110 Å². The molecule has 1 aromatic carbocycles. The Morgan fingerprint density at radius 3 is 2.72 bits per heavy atom. The zero-order chi connectivity index (χ0) is 13.0. The van der Waals surface area contributed by atoms with Gasteiger partial charge in [0.25, 0.3) is 0 Å². The van der Waals surface area contributed by atoms with Crippen molar-refractivity contribution in [2.45, 2.75) is 46.2 Å². The SMILES string of the molecule is Cc1cc2ccccc2n1CCCCNC(C)C. The molecule has 0 amide bonds. The summed E-state index contributed by atoms with van der Waals surface area (Å²) in [5, 5.41) is 4.82. The second-order valence-electron chi connectivity index (χ2n) is 5.31. The van der Waals surface area contributed by atoms with Gasteiger partial charge < -0.3 is 9.88 Å². The maximum atomic E-state index is 3.47. The van der Waals surface area contributed by atoms with Gasteiger partial charge in [0.1, 0.15) is 0 Å². The number of hydrogen-bond donors (Lipinski definition) is 1. The quantitative estimate of drug-likeness (QED) is 0.766. The first kappa shape index (κ1) is 13.2. The number of fused-ring (bicyclic) bond motifs is 1. The van der Waals surface area contributed by atoms with Crippen molar-refractivity contribution < 1.29 is 0 Å². The minimum atomic E-state index is 0.596. The van der Waals surface area contributed by atoms with E-state index in [-0.39, 0.29) is 0 Å². The first-order chi connectivity index (χ1) is 8.68. The van der Waals surface area contributed by atoms with Crippen LogP contribution in [0.25, 0.3) is 10.9 Å². The first-order valence-electron chi connectivity index (χ1n) is 6.97. The minimum Gasteiger partial charge on any atom is -0.345 e. The highest BCUT2D eigenvalue weighted by Crippen LogP contribution is 2.19. The van der Waals surface area contributed by atoms with Crippen molar-refractivity contribution in [1.82, 2.24) is 9.88 Å². The minimum absolute atomic E-state index is 0.596. The predicted molar refractivity (Wildman–Crippen MR) is 79.0 cm³/mol. The molecule has 0 aliphatic heterocycles. The van der Waals surface area contributed by atoms with Crippen LogP contribution in [0.1, 0.15) is 32.4 Å². The molecule has 2 rings (SSSR count). The van der Waals surface area contributed by atoms with Gasteiger partial charge in [-0.05, 0) is 43.8 Å². The summed E-state index contributed by atoms with van der Waals surface area (Å²) in [5.74, 6) is 0. The molecule has 0 aliphatic carbocycles. The van der Waals surface area contributed by atoms with E-state index in [4.69, 9.17) is 0 Å². The molecule has 0 bridgehead atoms. The summed E-state index contributed by atoms with van der Waals surface area (Å²) in [5.41, 5.74) is 2.74. The highest BCUT2D eigenvalue weighted by Gasteiger charge is 2.04. The third-order valence-corrected chi connectivity index (χ3v) is 3.38. The molecule has 0 unspecified atom stereocenters. The molecule has 0 saturated carbocycles. The summed E-state index contributed by atoms with van der Waals surface area (Å²) >= 11 is 0. The molecule has 2 aromatic rings. The first-order valence-corrected chi connectivity index (χ1v) is 6.97. The van der Waals surface area contributed by atoms with Gasteiger partial charge in [0.05, 0.1) is 0 Å². The number of nitrogens with zero attached hydrogens (tertiary/aromatic N) is 1. The summed E-state index contributed by atoms with van der Waals surface area (Å²) in [6, 6.07) is 11.5. The van der Waals surface area contributed by atoms with Crippen molar-refractivity contribution in [3.63, 3.8) is 0 Å². The number of aromatic nitrogens is 1. The van der Waals surface area contributed by atoms with Crippen LogP contribution < -0.4 is 5.32 Å². The second-order valence-corrected chi connectivity index (χ2v) is 5.31. The molecule has 0 radical (unpaired) electrons. The number of para-hydroxylation sites is 1. The van der Waals surface area contributed by atoms with Crippen LogP contribution in [0.4, 0.5) is 0 Å². The fourth-order valence-electron chi connectivity index (χ4n) is 2.43. The maximum Gasteiger partial charge on any atom is 0.0482 e. The molecule has 98 valence electrons. The molecule has 0 fully saturated rings. The average molecular weight is 244 g/mol. The van der Waals surface area contributed by atoms with Gasteiger partial charge >= 0.3 is 0 Å². The molecular formula is C16H24N2. The standard InChI is InChI=1S/C16H24N2/c1-13(2)17-10-6-7-11-18-14(3)12-15-8-4-5-9-16(15)18/h4-5,8-9,12-13,17H,6-7,10-11H2,1-3H3. The van der Waals surface area contributed by atoms with E-state index < -0.39 is 0 Å². The molecule has 0 saturated heterocycles. The second kappa shape index (κ2) is 6.05. The smallest absolute Gasteiger partial charge is 0.0482 e. The Morgan fingerprint density at radius 1 is 1.17 bits per heavy atom. The highest BCUT2D eigenvalue weighted by atomic mass is 15.0. The molecule has 0 aliphatic rings. The van der Waals surface area contributed by atoms with Crippen molar-refractivity contribution in [3.05, 3.63) is 36.0 Å². The molecule has 0 spiro atoms. The monoisotopic (exact) mass is 244 g/mol. The van der Waals surface area contributed by atoms with E-state index >= 15 is 0 Å². The van der Waals surface area contributed by atoms with E-state index in [1.807, 2.05) is 0 Å². The zero-order valence-electron chi connectivity index (χ0n) is 11.7. The summed E-state index contributed by atoms with van der Waals surface area (Å²) in [4.78, 5) is 0. The lowest BCUT2D eigenvalue weighted by atomic mass is 10.2. The lowest BCUT2D eigenvalue weighted by Crippen LogP contribution is -2.23. The van der Waals surface area contributed by atoms with E-state index in [0.717, 1.165) is 13.1 Å². The van der Waals surface area contributed by atoms with Crippen molar-refractivity contribution in [2.24, 2.45) is 0 Å². The highest BCUT2D eigenvalue weighted by molar-refractivity contribution is 5.81. The molecule has 2 heteroatoms. The number of benzene rings is 1. The average Bonchev–Trinajstić information content (AvgIpc) is 2.65. The lowest BCUT2D eigenvalue weighted by molar-refractivity contribution is 0.533. The summed E-state index contributed by atoms with van der Waals surface area (Å²) in [6.07, 6.45) is 2.48. The van der Waals surface area contributed by atoms with E-state index in [9.17, 15) is 0 Å². The topological polar surface area (TPSA) is 17.0 Å². The molecule has 1 N–H and O–H groups in total. The Morgan fingerprint density at radius 2 is 1.94 bits per heavy atom. The molecule has 1 aromatic heterocycles. The predicted octanol–water partition coefficient (Wildman–Crippen LogP) is 3.73. The number of unbranched alkanes of at least 4 members (excludes halogenated alkanes) is 1. The van der Waals surface area contributed by atoms with Crippen molar-refractivity contribution in [3.8, 4) is 0 Å². The van der Waals surface area contributed by atoms with E-state index in [1.165, 1.54) is 29.4 Å². The number of nitrogens with one attached hydrogen (secondary N) is 1. The lowest BCUT2D eigenvalue weighted by Gasteiger charge is -2.10. The van der Waals surface area contributed by atoms with Crippen molar-refractivity contribution >= 4 is 10.9 Å². The van der Waals surface area contributed by atoms with Gasteiger partial charge in [-0.15, -0.1) is 0 Å². The van der Waals surface area contributed by atoms with Crippen LogP contribution in [0.2, 0.25) is 0 Å². The molecular weight excluding hydrogens is 220 g/mol. The Kier molecular flexibility index (Phi) is 4.43. The largest absolute Gasteiger partial charge is 0.345 e. The van der Waals surface area contributed by atoms with Gasteiger partial charge in [0.2, 0.25) is 0 Å². The van der Waals surface area contributed by atoms with Crippen LogP contribution in [0.15, 0.2) is 30.3 Å². The Hall–Kier alpha value is -1.28. The Balaban J connectivity index is 1.93. The van der Waals surface area contributed by atoms with E-state index in [2.05, 4.69) is 61.0 Å². The fourth-order valence-corrected chi connectivity index (χ4v) is 2.43. The van der Waals surface area contributed by atoms with E-state index in [0.29, 0.717) is 6.04 Å². The Bertz CT molecular complexity index is 497. The zero-order valence-corrected chi connectivity index (χ0v) is 11.7. The van der Waals surface area contributed by atoms with Crippen LogP contribution in [0, 0.1) is 6.92 Å². The molecule has 1 heterocycles. The van der Waals surface area contributed by atoms with Gasteiger partial charge in [-0.3, -0.25) is 0 Å². The van der Waals surface area contributed by atoms with Crippen LogP contribution in [0.3, 0.4) is 0 Å². The summed E-state index contributed by atoms with van der Waals surface area (Å²) in [7, 11) is 0. The van der Waals surface area contributed by atoms with Gasteiger partial charge in [0, 0.05) is 23.8 Å². The van der Waals surface area contributed by atoms with Crippen molar-refractivity contribution in [1.29, 1.82) is 0 Å². The molecule has 0 atom stereocenters. The van der Waals surface area contributed by atoms with Crippen LogP contribution in [-0.2, 0) is 6.54 Å². The number of hydrogen-bond acceptors (Lipinski definition) is 1. The van der Waals surface area contributed by atoms with Crippen molar-refractivity contribution in [2.75, 3.05) is 6.54 Å². The summed E-state index contributed by atoms with van der Waals surface area (Å²) < 4.78 is 2.44. The van der Waals surface area contributed by atoms with Crippen LogP contribution in [0.5, 0.6) is 0 Å². The molecule has 18 heavy (non-hydrogen) atoms. The van der Waals surface area contributed by atoms with Gasteiger partial charge in [-0.25, -0.2) is 0 Å². The maximum absolute atomic E-state index is 3.47. The number of aryl methyl sites for hydroxylation is 2. The third kappa shape index (κ3) is 3.14.